The van der Waals surface area contributed by atoms with E-state index in [1.165, 1.54) is 50.5 Å². The third-order valence-electron chi connectivity index (χ3n) is 3.47. The fourth-order valence-corrected chi connectivity index (χ4v) is 2.21. The molecule has 0 aliphatic heterocycles. The molecule has 0 spiro atoms. The molecule has 0 aromatic heterocycles. The molecule has 1 aromatic carbocycles. The number of hydrogen-bond acceptors (Lipinski definition) is 1. The van der Waals surface area contributed by atoms with Gasteiger partial charge < -0.3 is 5.11 Å². The molecular weight excluding hydrogens is 208 g/mol. The van der Waals surface area contributed by atoms with Crippen LogP contribution >= 0.6 is 0 Å². The van der Waals surface area contributed by atoms with E-state index in [1.807, 2.05) is 13.0 Å². The summed E-state index contributed by atoms with van der Waals surface area (Å²) in [6.45, 7) is 4.26. The van der Waals surface area contributed by atoms with Crippen molar-refractivity contribution in [3.05, 3.63) is 29.3 Å². The first-order valence-corrected chi connectivity index (χ1v) is 7.03. The van der Waals surface area contributed by atoms with Crippen molar-refractivity contribution in [2.75, 3.05) is 0 Å². The number of phenols is 1. The van der Waals surface area contributed by atoms with Crippen LogP contribution in [-0.2, 0) is 6.42 Å². The molecule has 96 valence electrons. The maximum atomic E-state index is 9.60. The van der Waals surface area contributed by atoms with Crippen molar-refractivity contribution in [1.82, 2.24) is 0 Å². The van der Waals surface area contributed by atoms with Crippen molar-refractivity contribution in [2.45, 2.75) is 65.2 Å². The number of hydrogen-bond donors (Lipinski definition) is 1. The molecule has 0 unspecified atom stereocenters. The van der Waals surface area contributed by atoms with Crippen molar-refractivity contribution >= 4 is 0 Å². The Morgan fingerprint density at radius 2 is 1.59 bits per heavy atom. The summed E-state index contributed by atoms with van der Waals surface area (Å²) < 4.78 is 0. The highest BCUT2D eigenvalue weighted by Crippen LogP contribution is 2.21. The molecule has 0 heterocycles. The Morgan fingerprint density at radius 3 is 2.29 bits per heavy atom. The summed E-state index contributed by atoms with van der Waals surface area (Å²) in [7, 11) is 0. The molecule has 0 amide bonds. The van der Waals surface area contributed by atoms with Gasteiger partial charge in [-0.1, -0.05) is 57.6 Å². The number of aromatic hydroxyl groups is 1. The largest absolute Gasteiger partial charge is 0.508 e. The zero-order valence-electron chi connectivity index (χ0n) is 11.3. The molecule has 0 radical (unpaired) electrons. The van der Waals surface area contributed by atoms with Crippen LogP contribution in [-0.4, -0.2) is 5.11 Å². The Bertz CT molecular complexity index is 317. The highest BCUT2D eigenvalue weighted by molar-refractivity contribution is 5.37. The minimum atomic E-state index is 0.436. The van der Waals surface area contributed by atoms with Gasteiger partial charge in [0.15, 0.2) is 0 Å². The third kappa shape index (κ3) is 5.25. The number of phenolic OH excluding ortho intramolecular Hbond substituents is 1. The van der Waals surface area contributed by atoms with Crippen LogP contribution in [0, 0.1) is 6.92 Å². The first-order chi connectivity index (χ1) is 8.25. The topological polar surface area (TPSA) is 20.2 Å². The Kier molecular flexibility index (Phi) is 6.76. The van der Waals surface area contributed by atoms with E-state index >= 15 is 0 Å². The van der Waals surface area contributed by atoms with Crippen molar-refractivity contribution in [3.8, 4) is 5.75 Å². The monoisotopic (exact) mass is 234 g/mol. The molecular formula is C16H26O. The lowest BCUT2D eigenvalue weighted by Gasteiger charge is -2.07. The van der Waals surface area contributed by atoms with Gasteiger partial charge in [0.05, 0.1) is 0 Å². The minimum absolute atomic E-state index is 0.436. The summed E-state index contributed by atoms with van der Waals surface area (Å²) in [4.78, 5) is 0. The van der Waals surface area contributed by atoms with E-state index in [4.69, 9.17) is 0 Å². The quantitative estimate of drug-likeness (QED) is 0.628. The normalized spacial score (nSPS) is 10.7. The van der Waals surface area contributed by atoms with Gasteiger partial charge in [0.25, 0.3) is 0 Å². The van der Waals surface area contributed by atoms with Gasteiger partial charge in [0, 0.05) is 0 Å². The van der Waals surface area contributed by atoms with E-state index in [9.17, 15) is 5.11 Å². The summed E-state index contributed by atoms with van der Waals surface area (Å²) in [5.41, 5.74) is 2.36. The van der Waals surface area contributed by atoms with E-state index in [2.05, 4.69) is 13.0 Å². The van der Waals surface area contributed by atoms with Crippen molar-refractivity contribution in [2.24, 2.45) is 0 Å². The predicted molar refractivity (Wildman–Crippen MR) is 74.5 cm³/mol. The lowest BCUT2D eigenvalue weighted by atomic mass is 10.0. The highest BCUT2D eigenvalue weighted by Gasteiger charge is 2.01. The zero-order chi connectivity index (χ0) is 12.5. The maximum absolute atomic E-state index is 9.60. The van der Waals surface area contributed by atoms with Crippen LogP contribution in [0.2, 0.25) is 0 Å². The Morgan fingerprint density at radius 1 is 0.941 bits per heavy atom. The lowest BCUT2D eigenvalue weighted by Crippen LogP contribution is -1.90. The fourth-order valence-electron chi connectivity index (χ4n) is 2.21. The molecule has 1 aromatic rings. The summed E-state index contributed by atoms with van der Waals surface area (Å²) >= 11 is 0. The summed E-state index contributed by atoms with van der Waals surface area (Å²) in [5, 5.41) is 9.60. The molecule has 17 heavy (non-hydrogen) atoms. The van der Waals surface area contributed by atoms with Gasteiger partial charge in [0.1, 0.15) is 5.75 Å². The van der Waals surface area contributed by atoms with Crippen LogP contribution in [0.3, 0.4) is 0 Å². The molecule has 0 bridgehead atoms. The summed E-state index contributed by atoms with van der Waals surface area (Å²) in [5.74, 6) is 0.436. The second-order valence-electron chi connectivity index (χ2n) is 4.93. The number of aryl methyl sites for hydroxylation is 1. The van der Waals surface area contributed by atoms with Gasteiger partial charge in [-0.15, -0.1) is 0 Å². The minimum Gasteiger partial charge on any atom is -0.508 e. The molecule has 0 fully saturated rings. The second-order valence-corrected chi connectivity index (χ2v) is 4.93. The van der Waals surface area contributed by atoms with E-state index < -0.39 is 0 Å². The molecule has 0 aliphatic rings. The van der Waals surface area contributed by atoms with Crippen molar-refractivity contribution < 1.29 is 5.11 Å². The van der Waals surface area contributed by atoms with Gasteiger partial charge >= 0.3 is 0 Å². The van der Waals surface area contributed by atoms with Gasteiger partial charge in [-0.3, -0.25) is 0 Å². The summed E-state index contributed by atoms with van der Waals surface area (Å²) in [6.07, 6.45) is 10.5. The number of unbranched alkanes of at least 4 members (excludes halogenated alkanes) is 6. The molecule has 0 saturated heterocycles. The fraction of sp³-hybridized carbons (Fsp3) is 0.625. The third-order valence-corrected chi connectivity index (χ3v) is 3.47. The molecule has 0 atom stereocenters. The van der Waals surface area contributed by atoms with E-state index in [1.54, 1.807) is 6.07 Å². The standard InChI is InChI=1S/C16H26O/c1-3-4-5-6-7-8-9-11-15-12-10-13-16(17)14(15)2/h10,12-13,17H,3-9,11H2,1-2H3. The van der Waals surface area contributed by atoms with Crippen molar-refractivity contribution in [1.29, 1.82) is 0 Å². The Labute approximate surface area is 106 Å². The van der Waals surface area contributed by atoms with Crippen LogP contribution in [0.25, 0.3) is 0 Å². The van der Waals surface area contributed by atoms with Gasteiger partial charge in [-0.2, -0.15) is 0 Å². The molecule has 0 saturated carbocycles. The first-order valence-electron chi connectivity index (χ1n) is 7.03. The molecule has 1 rings (SSSR count). The highest BCUT2D eigenvalue weighted by atomic mass is 16.3. The summed E-state index contributed by atoms with van der Waals surface area (Å²) in [6, 6.07) is 5.84. The van der Waals surface area contributed by atoms with Crippen LogP contribution in [0.15, 0.2) is 18.2 Å². The second kappa shape index (κ2) is 8.16. The van der Waals surface area contributed by atoms with Crippen LogP contribution in [0.1, 0.15) is 63.0 Å². The van der Waals surface area contributed by atoms with E-state index in [-0.39, 0.29) is 0 Å². The average Bonchev–Trinajstić information content (AvgIpc) is 2.33. The lowest BCUT2D eigenvalue weighted by molar-refractivity contribution is 0.469. The predicted octanol–water partition coefficient (Wildman–Crippen LogP) is 4.99. The van der Waals surface area contributed by atoms with Gasteiger partial charge in [-0.05, 0) is 37.0 Å². The van der Waals surface area contributed by atoms with Gasteiger partial charge in [-0.25, -0.2) is 0 Å². The Balaban J connectivity index is 2.16. The SMILES string of the molecule is CCCCCCCCCc1cccc(O)c1C. The van der Waals surface area contributed by atoms with Crippen LogP contribution < -0.4 is 0 Å². The van der Waals surface area contributed by atoms with E-state index in [0.29, 0.717) is 5.75 Å². The first kappa shape index (κ1) is 14.1. The Hall–Kier alpha value is -0.980. The maximum Gasteiger partial charge on any atom is 0.118 e. The molecule has 1 heteroatoms. The molecule has 0 aliphatic carbocycles. The average molecular weight is 234 g/mol. The zero-order valence-corrected chi connectivity index (χ0v) is 11.3. The smallest absolute Gasteiger partial charge is 0.118 e. The molecule has 1 N–H and O–H groups in total. The van der Waals surface area contributed by atoms with Crippen molar-refractivity contribution in [3.63, 3.8) is 0 Å². The van der Waals surface area contributed by atoms with Crippen LogP contribution in [0.5, 0.6) is 5.75 Å². The van der Waals surface area contributed by atoms with Gasteiger partial charge in [0.2, 0.25) is 0 Å². The number of rotatable bonds is 8. The van der Waals surface area contributed by atoms with E-state index in [0.717, 1.165) is 12.0 Å². The number of benzene rings is 1. The van der Waals surface area contributed by atoms with Crippen LogP contribution in [0.4, 0.5) is 0 Å². The molecule has 1 nitrogen and oxygen atoms in total.